The Kier molecular flexibility index (Phi) is 3.77. The number of benzene rings is 2. The van der Waals surface area contributed by atoms with Crippen LogP contribution >= 0.6 is 15.9 Å². The quantitative estimate of drug-likeness (QED) is 0.480. The summed E-state index contributed by atoms with van der Waals surface area (Å²) in [6.07, 6.45) is 0. The number of aromatic nitrogens is 4. The number of carbonyl (C=O) groups is 1. The van der Waals surface area contributed by atoms with Gasteiger partial charge in [0.1, 0.15) is 11.4 Å². The molecule has 4 rings (SSSR count). The molecule has 4 N–H and O–H groups in total. The van der Waals surface area contributed by atoms with Gasteiger partial charge in [-0.25, -0.2) is 4.98 Å². The molecule has 0 saturated heterocycles. The maximum Gasteiger partial charge on any atom is 0.248 e. The molecule has 0 atom stereocenters. The normalized spacial score (nSPS) is 11.2. The molecular formula is C18H14BrN5O2. The molecule has 2 aromatic heterocycles. The molecule has 130 valence electrons. The van der Waals surface area contributed by atoms with E-state index in [9.17, 15) is 9.90 Å². The number of rotatable bonds is 3. The van der Waals surface area contributed by atoms with Gasteiger partial charge in [0, 0.05) is 22.6 Å². The van der Waals surface area contributed by atoms with E-state index in [2.05, 4.69) is 31.0 Å². The van der Waals surface area contributed by atoms with E-state index in [1.807, 2.05) is 24.3 Å². The zero-order valence-corrected chi connectivity index (χ0v) is 15.3. The third-order valence-electron chi connectivity index (χ3n) is 4.13. The fourth-order valence-corrected chi connectivity index (χ4v) is 3.12. The molecule has 2 aromatic carbocycles. The van der Waals surface area contributed by atoms with Crippen LogP contribution < -0.4 is 5.73 Å². The number of aromatic hydroxyl groups is 1. The van der Waals surface area contributed by atoms with Crippen molar-refractivity contribution in [1.29, 1.82) is 0 Å². The van der Waals surface area contributed by atoms with Crippen molar-refractivity contribution in [1.82, 2.24) is 19.7 Å². The number of hydrogen-bond acceptors (Lipinski definition) is 4. The number of hydrogen-bond donors (Lipinski definition) is 3. The zero-order chi connectivity index (χ0) is 18.4. The smallest absolute Gasteiger partial charge is 0.248 e. The molecule has 0 fully saturated rings. The Morgan fingerprint density at radius 3 is 2.65 bits per heavy atom. The Balaban J connectivity index is 1.84. The van der Waals surface area contributed by atoms with Crippen molar-refractivity contribution in [2.24, 2.45) is 12.8 Å². The second-order valence-electron chi connectivity index (χ2n) is 5.86. The van der Waals surface area contributed by atoms with E-state index in [-0.39, 0.29) is 5.75 Å². The van der Waals surface area contributed by atoms with Gasteiger partial charge < -0.3 is 15.8 Å². The molecule has 4 aromatic rings. The van der Waals surface area contributed by atoms with E-state index >= 15 is 0 Å². The lowest BCUT2D eigenvalue weighted by Crippen LogP contribution is -2.10. The Labute approximate surface area is 156 Å². The maximum atomic E-state index is 11.3. The van der Waals surface area contributed by atoms with Crippen LogP contribution in [0.4, 0.5) is 0 Å². The van der Waals surface area contributed by atoms with E-state index in [4.69, 9.17) is 5.73 Å². The topological polar surface area (TPSA) is 110 Å². The summed E-state index contributed by atoms with van der Waals surface area (Å²) < 4.78 is 2.51. The monoisotopic (exact) mass is 411 g/mol. The first kappa shape index (κ1) is 16.3. The second kappa shape index (κ2) is 5.99. The molecule has 2 heterocycles. The fraction of sp³-hybridized carbons (Fsp3) is 0.0556. The molecular weight excluding hydrogens is 398 g/mol. The molecule has 0 aliphatic carbocycles. The van der Waals surface area contributed by atoms with Crippen molar-refractivity contribution in [2.75, 3.05) is 0 Å². The summed E-state index contributed by atoms with van der Waals surface area (Å²) in [6, 6.07) is 12.5. The van der Waals surface area contributed by atoms with Gasteiger partial charge in [0.15, 0.2) is 11.6 Å². The molecule has 7 nitrogen and oxygen atoms in total. The maximum absolute atomic E-state index is 11.3. The average Bonchev–Trinajstić information content (AvgIpc) is 3.15. The lowest BCUT2D eigenvalue weighted by molar-refractivity contribution is 0.100. The Morgan fingerprint density at radius 2 is 1.96 bits per heavy atom. The highest BCUT2D eigenvalue weighted by molar-refractivity contribution is 9.10. The second-order valence-corrected chi connectivity index (χ2v) is 6.77. The number of H-pyrrole nitrogens is 1. The van der Waals surface area contributed by atoms with Crippen LogP contribution in [0.2, 0.25) is 0 Å². The van der Waals surface area contributed by atoms with E-state index < -0.39 is 5.91 Å². The lowest BCUT2D eigenvalue weighted by atomic mass is 10.1. The SMILES string of the molecule is Cn1nc(-c2ccc(Br)cc2)c(O)c1-c1nc2ccc(C(N)=O)cc2[nH]1. The minimum Gasteiger partial charge on any atom is -0.504 e. The number of halogens is 1. The third-order valence-corrected chi connectivity index (χ3v) is 4.66. The van der Waals surface area contributed by atoms with E-state index in [1.54, 1.807) is 29.9 Å². The highest BCUT2D eigenvalue weighted by atomic mass is 79.9. The Morgan fingerprint density at radius 1 is 1.23 bits per heavy atom. The molecule has 0 saturated carbocycles. The summed E-state index contributed by atoms with van der Waals surface area (Å²) >= 11 is 3.39. The van der Waals surface area contributed by atoms with Gasteiger partial charge in [0.25, 0.3) is 0 Å². The molecule has 0 spiro atoms. The summed E-state index contributed by atoms with van der Waals surface area (Å²) in [5.41, 5.74) is 8.74. The van der Waals surface area contributed by atoms with Crippen molar-refractivity contribution < 1.29 is 9.90 Å². The van der Waals surface area contributed by atoms with Gasteiger partial charge in [-0.3, -0.25) is 9.48 Å². The standard InChI is InChI=1S/C18H14BrN5O2/c1-24-15(16(25)14(23-24)9-2-5-11(19)6-3-9)18-21-12-7-4-10(17(20)26)8-13(12)22-18/h2-8,25H,1H3,(H2,20,26)(H,21,22). The summed E-state index contributed by atoms with van der Waals surface area (Å²) in [5.74, 6) is -0.0227. The van der Waals surface area contributed by atoms with E-state index in [0.29, 0.717) is 33.8 Å². The molecule has 26 heavy (non-hydrogen) atoms. The van der Waals surface area contributed by atoms with Crippen LogP contribution in [-0.2, 0) is 7.05 Å². The van der Waals surface area contributed by atoms with Gasteiger partial charge in [-0.15, -0.1) is 0 Å². The van der Waals surface area contributed by atoms with Crippen molar-refractivity contribution in [2.45, 2.75) is 0 Å². The number of imidazole rings is 1. The summed E-state index contributed by atoms with van der Waals surface area (Å²) in [6.45, 7) is 0. The Bertz CT molecular complexity index is 1140. The van der Waals surface area contributed by atoms with Gasteiger partial charge in [-0.1, -0.05) is 28.1 Å². The van der Waals surface area contributed by atoms with Gasteiger partial charge in [-0.2, -0.15) is 5.10 Å². The molecule has 0 aliphatic rings. The van der Waals surface area contributed by atoms with Crippen molar-refractivity contribution >= 4 is 32.9 Å². The first-order valence-corrected chi connectivity index (χ1v) is 8.55. The van der Waals surface area contributed by atoms with Gasteiger partial charge in [0.2, 0.25) is 5.91 Å². The summed E-state index contributed by atoms with van der Waals surface area (Å²) in [7, 11) is 1.74. The molecule has 1 amide bonds. The van der Waals surface area contributed by atoms with Crippen molar-refractivity contribution in [3.63, 3.8) is 0 Å². The molecule has 0 aliphatic heterocycles. The number of nitrogens with one attached hydrogen (secondary N) is 1. The first-order chi connectivity index (χ1) is 12.4. The highest BCUT2D eigenvalue weighted by Gasteiger charge is 2.21. The number of nitrogens with zero attached hydrogens (tertiary/aromatic N) is 3. The van der Waals surface area contributed by atoms with Gasteiger partial charge in [0.05, 0.1) is 11.0 Å². The number of amides is 1. The molecule has 0 bridgehead atoms. The summed E-state index contributed by atoms with van der Waals surface area (Å²) in [5, 5.41) is 15.1. The van der Waals surface area contributed by atoms with E-state index in [0.717, 1.165) is 10.0 Å². The van der Waals surface area contributed by atoms with Crippen LogP contribution in [0.5, 0.6) is 5.75 Å². The van der Waals surface area contributed by atoms with Crippen LogP contribution in [0.1, 0.15) is 10.4 Å². The largest absolute Gasteiger partial charge is 0.504 e. The highest BCUT2D eigenvalue weighted by Crippen LogP contribution is 2.37. The van der Waals surface area contributed by atoms with Crippen molar-refractivity contribution in [3.8, 4) is 28.5 Å². The molecule has 0 unspecified atom stereocenters. The third kappa shape index (κ3) is 2.64. The minimum atomic E-state index is -0.510. The number of fused-ring (bicyclic) bond motifs is 1. The van der Waals surface area contributed by atoms with Gasteiger partial charge >= 0.3 is 0 Å². The lowest BCUT2D eigenvalue weighted by Gasteiger charge is -1.99. The van der Waals surface area contributed by atoms with Gasteiger partial charge in [-0.05, 0) is 30.3 Å². The van der Waals surface area contributed by atoms with Crippen molar-refractivity contribution in [3.05, 3.63) is 52.5 Å². The number of aromatic amines is 1. The predicted molar refractivity (Wildman–Crippen MR) is 102 cm³/mol. The van der Waals surface area contributed by atoms with Crippen LogP contribution in [0, 0.1) is 0 Å². The first-order valence-electron chi connectivity index (χ1n) is 7.76. The van der Waals surface area contributed by atoms with Crippen LogP contribution in [0.3, 0.4) is 0 Å². The Hall–Kier alpha value is -3.13. The zero-order valence-electron chi connectivity index (χ0n) is 13.7. The predicted octanol–water partition coefficient (Wildman–Crippen LogP) is 3.20. The number of primary amides is 1. The number of aryl methyl sites for hydroxylation is 1. The van der Waals surface area contributed by atoms with Crippen LogP contribution in [0.15, 0.2) is 46.9 Å². The van der Waals surface area contributed by atoms with Crippen LogP contribution in [-0.4, -0.2) is 30.8 Å². The number of carbonyl (C=O) groups excluding carboxylic acids is 1. The minimum absolute atomic E-state index is 0.0315. The van der Waals surface area contributed by atoms with E-state index in [1.165, 1.54) is 0 Å². The molecule has 8 heteroatoms. The fourth-order valence-electron chi connectivity index (χ4n) is 2.86. The average molecular weight is 412 g/mol. The number of nitrogens with two attached hydrogens (primary N) is 1. The molecule has 0 radical (unpaired) electrons. The summed E-state index contributed by atoms with van der Waals surface area (Å²) in [4.78, 5) is 18.9. The van der Waals surface area contributed by atoms with Crippen LogP contribution in [0.25, 0.3) is 33.8 Å².